The van der Waals surface area contributed by atoms with Crippen LogP contribution in [-0.4, -0.2) is 43.7 Å². The molecule has 9 nitrogen and oxygen atoms in total. The summed E-state index contributed by atoms with van der Waals surface area (Å²) in [6.07, 6.45) is 0.944. The van der Waals surface area contributed by atoms with E-state index in [4.69, 9.17) is 15.0 Å². The number of aromatic nitrogens is 1. The number of rotatable bonds is 4. The molecular formula is C23H23N3O6. The standard InChI is InChI=1S/C12H13NO4.C11H10N2O2/c1-13-9-7-8(12(15)16-2)3-4-10(9)17-6-5-11(13)14;12-11(14)10-7-9(15-13-10)6-8-4-2-1-3-5-8/h3-4,7H,5-6H2,1-2H3;1-5,7H,6H2,(H2,12,14). The highest BCUT2D eigenvalue weighted by atomic mass is 16.5. The second kappa shape index (κ2) is 10.3. The normalized spacial score (nSPS) is 12.6. The van der Waals surface area contributed by atoms with Gasteiger partial charge >= 0.3 is 5.97 Å². The van der Waals surface area contributed by atoms with Crippen LogP contribution in [0.25, 0.3) is 0 Å². The molecule has 9 heteroatoms. The number of hydrogen-bond donors (Lipinski definition) is 1. The number of nitrogens with zero attached hydrogens (tertiary/aromatic N) is 2. The number of fused-ring (bicyclic) bond motifs is 1. The number of anilines is 1. The van der Waals surface area contributed by atoms with E-state index in [0.29, 0.717) is 42.2 Å². The first-order valence-electron chi connectivity index (χ1n) is 9.80. The van der Waals surface area contributed by atoms with E-state index in [1.165, 1.54) is 12.0 Å². The van der Waals surface area contributed by atoms with Gasteiger partial charge in [0.15, 0.2) is 5.69 Å². The number of carbonyl (C=O) groups is 3. The van der Waals surface area contributed by atoms with Crippen molar-refractivity contribution in [3.63, 3.8) is 0 Å². The quantitative estimate of drug-likeness (QED) is 0.622. The Morgan fingerprint density at radius 1 is 1.16 bits per heavy atom. The van der Waals surface area contributed by atoms with Crippen LogP contribution in [0.3, 0.4) is 0 Å². The van der Waals surface area contributed by atoms with Crippen LogP contribution >= 0.6 is 0 Å². The smallest absolute Gasteiger partial charge is 0.337 e. The monoisotopic (exact) mass is 437 g/mol. The molecular weight excluding hydrogens is 414 g/mol. The van der Waals surface area contributed by atoms with Crippen molar-refractivity contribution in [2.45, 2.75) is 12.8 Å². The highest BCUT2D eigenvalue weighted by Gasteiger charge is 2.21. The van der Waals surface area contributed by atoms with Crippen LogP contribution in [0.4, 0.5) is 5.69 Å². The summed E-state index contributed by atoms with van der Waals surface area (Å²) < 4.78 is 15.1. The van der Waals surface area contributed by atoms with Gasteiger partial charge in [0.05, 0.1) is 31.4 Å². The van der Waals surface area contributed by atoms with Gasteiger partial charge in [-0.1, -0.05) is 35.5 Å². The average molecular weight is 437 g/mol. The Morgan fingerprint density at radius 2 is 1.91 bits per heavy atom. The number of amides is 2. The number of ether oxygens (including phenoxy) is 2. The highest BCUT2D eigenvalue weighted by molar-refractivity contribution is 5.98. The lowest BCUT2D eigenvalue weighted by Gasteiger charge is -2.16. The van der Waals surface area contributed by atoms with E-state index in [9.17, 15) is 14.4 Å². The molecule has 3 aromatic rings. The minimum absolute atomic E-state index is 0.0363. The maximum Gasteiger partial charge on any atom is 0.337 e. The van der Waals surface area contributed by atoms with Gasteiger partial charge in [-0.05, 0) is 23.8 Å². The Kier molecular flexibility index (Phi) is 7.22. The Hall–Kier alpha value is -4.14. The summed E-state index contributed by atoms with van der Waals surface area (Å²) in [5.41, 5.74) is 7.32. The SMILES string of the molecule is COC(=O)c1ccc2c(c1)N(C)C(=O)CCO2.NC(=O)c1cc(Cc2ccccc2)on1. The number of nitrogens with two attached hydrogens (primary N) is 1. The molecule has 0 atom stereocenters. The van der Waals surface area contributed by atoms with Crippen molar-refractivity contribution in [1.82, 2.24) is 5.16 Å². The Labute approximate surface area is 184 Å². The van der Waals surface area contributed by atoms with Crippen LogP contribution in [0.2, 0.25) is 0 Å². The Balaban J connectivity index is 0.000000182. The third-order valence-corrected chi connectivity index (χ3v) is 4.72. The van der Waals surface area contributed by atoms with Crippen molar-refractivity contribution in [2.24, 2.45) is 5.73 Å². The van der Waals surface area contributed by atoms with Crippen molar-refractivity contribution < 1.29 is 28.4 Å². The maximum absolute atomic E-state index is 11.7. The first-order valence-corrected chi connectivity index (χ1v) is 9.80. The van der Waals surface area contributed by atoms with E-state index in [0.717, 1.165) is 5.56 Å². The molecule has 0 radical (unpaired) electrons. The first kappa shape index (κ1) is 22.5. The summed E-state index contributed by atoms with van der Waals surface area (Å²) in [5, 5.41) is 3.56. The zero-order valence-electron chi connectivity index (χ0n) is 17.7. The van der Waals surface area contributed by atoms with Crippen LogP contribution in [-0.2, 0) is 16.0 Å². The molecule has 2 aromatic carbocycles. The van der Waals surface area contributed by atoms with Crippen LogP contribution in [0.5, 0.6) is 5.75 Å². The van der Waals surface area contributed by atoms with E-state index in [-0.39, 0.29) is 11.6 Å². The van der Waals surface area contributed by atoms with Crippen molar-refractivity contribution in [2.75, 3.05) is 25.7 Å². The minimum atomic E-state index is -0.571. The number of carbonyl (C=O) groups excluding carboxylic acids is 3. The third kappa shape index (κ3) is 5.51. The second-order valence-corrected chi connectivity index (χ2v) is 6.93. The van der Waals surface area contributed by atoms with Gasteiger partial charge in [0.25, 0.3) is 5.91 Å². The summed E-state index contributed by atoms with van der Waals surface area (Å²) in [4.78, 5) is 35.3. The number of benzene rings is 2. The number of hydrogen-bond acceptors (Lipinski definition) is 7. The van der Waals surface area contributed by atoms with E-state index in [1.54, 1.807) is 31.3 Å². The van der Waals surface area contributed by atoms with Gasteiger partial charge in [0.1, 0.15) is 11.5 Å². The number of methoxy groups -OCH3 is 1. The molecule has 0 spiro atoms. The topological polar surface area (TPSA) is 125 Å². The molecule has 2 N–H and O–H groups in total. The van der Waals surface area contributed by atoms with Crippen molar-refractivity contribution in [3.8, 4) is 5.75 Å². The minimum Gasteiger partial charge on any atom is -0.491 e. The molecule has 166 valence electrons. The number of esters is 1. The van der Waals surface area contributed by atoms with Gasteiger partial charge < -0.3 is 24.6 Å². The van der Waals surface area contributed by atoms with Crippen molar-refractivity contribution in [1.29, 1.82) is 0 Å². The first-order chi connectivity index (χ1) is 15.4. The fraction of sp³-hybridized carbons (Fsp3) is 0.217. The fourth-order valence-electron chi connectivity index (χ4n) is 3.01. The van der Waals surface area contributed by atoms with Gasteiger partial charge in [-0.15, -0.1) is 0 Å². The van der Waals surface area contributed by atoms with E-state index >= 15 is 0 Å². The Bertz CT molecular complexity index is 1110. The number of primary amides is 1. The lowest BCUT2D eigenvalue weighted by atomic mass is 10.1. The zero-order valence-corrected chi connectivity index (χ0v) is 17.7. The van der Waals surface area contributed by atoms with E-state index < -0.39 is 11.9 Å². The van der Waals surface area contributed by atoms with Gasteiger partial charge in [-0.2, -0.15) is 0 Å². The molecule has 0 bridgehead atoms. The summed E-state index contributed by atoms with van der Waals surface area (Å²) in [6.45, 7) is 0.355. The molecule has 0 saturated heterocycles. The molecule has 1 aliphatic rings. The van der Waals surface area contributed by atoms with Crippen LogP contribution in [0, 0.1) is 0 Å². The molecule has 0 saturated carbocycles. The molecule has 0 unspecified atom stereocenters. The van der Waals surface area contributed by atoms with Crippen molar-refractivity contribution >= 4 is 23.5 Å². The van der Waals surface area contributed by atoms with Gasteiger partial charge in [-0.25, -0.2) is 4.79 Å². The lowest BCUT2D eigenvalue weighted by molar-refractivity contribution is -0.118. The summed E-state index contributed by atoms with van der Waals surface area (Å²) in [5.74, 6) is 0.197. The van der Waals surface area contributed by atoms with Crippen molar-refractivity contribution in [3.05, 3.63) is 77.2 Å². The van der Waals surface area contributed by atoms with Gasteiger partial charge in [0.2, 0.25) is 5.91 Å². The zero-order chi connectivity index (χ0) is 23.1. The third-order valence-electron chi connectivity index (χ3n) is 4.72. The largest absolute Gasteiger partial charge is 0.491 e. The van der Waals surface area contributed by atoms with Crippen LogP contribution < -0.4 is 15.4 Å². The molecule has 0 fully saturated rings. The molecule has 1 aliphatic heterocycles. The molecule has 1 aromatic heterocycles. The summed E-state index contributed by atoms with van der Waals surface area (Å²) in [7, 11) is 2.98. The molecule has 32 heavy (non-hydrogen) atoms. The summed E-state index contributed by atoms with van der Waals surface area (Å²) in [6, 6.07) is 16.3. The predicted octanol–water partition coefficient (Wildman–Crippen LogP) is 2.58. The van der Waals surface area contributed by atoms with E-state index in [2.05, 4.69) is 9.89 Å². The van der Waals surface area contributed by atoms with Crippen LogP contribution in [0.1, 0.15) is 38.6 Å². The van der Waals surface area contributed by atoms with Gasteiger partial charge in [-0.3, -0.25) is 9.59 Å². The highest BCUT2D eigenvalue weighted by Crippen LogP contribution is 2.31. The lowest BCUT2D eigenvalue weighted by Crippen LogP contribution is -2.25. The predicted molar refractivity (Wildman–Crippen MR) is 116 cm³/mol. The Morgan fingerprint density at radius 3 is 2.56 bits per heavy atom. The molecule has 2 heterocycles. The second-order valence-electron chi connectivity index (χ2n) is 6.93. The summed E-state index contributed by atoms with van der Waals surface area (Å²) >= 11 is 0. The fourth-order valence-corrected chi connectivity index (χ4v) is 3.01. The van der Waals surface area contributed by atoms with E-state index in [1.807, 2.05) is 30.3 Å². The molecule has 2 amide bonds. The average Bonchev–Trinajstić information content (AvgIpc) is 3.22. The maximum atomic E-state index is 11.7. The molecule has 4 rings (SSSR count). The van der Waals surface area contributed by atoms with Gasteiger partial charge in [0, 0.05) is 19.5 Å². The molecule has 0 aliphatic carbocycles. The van der Waals surface area contributed by atoms with Crippen LogP contribution in [0.15, 0.2) is 59.1 Å².